The Balaban J connectivity index is 1.12. The molecule has 0 spiro atoms. The summed E-state index contributed by atoms with van der Waals surface area (Å²) in [5.74, 6) is 1.28. The molecule has 2 saturated heterocycles. The number of nitrogens with one attached hydrogen (secondary N) is 2. The van der Waals surface area contributed by atoms with Crippen LogP contribution in [-0.2, 0) is 22.6 Å². The second-order valence-electron chi connectivity index (χ2n) is 13.9. The van der Waals surface area contributed by atoms with E-state index in [9.17, 15) is 9.59 Å². The summed E-state index contributed by atoms with van der Waals surface area (Å²) < 4.78 is 11.6. The van der Waals surface area contributed by atoms with E-state index in [1.165, 1.54) is 5.56 Å². The SMILES string of the molecule is COc1nc(-c2cccc(-c3cccc(-c4cc5c(c(OC)n4)C(NCC4CCC(=O)N4)CC5)c3Cl)c2Cl)cnc1CN1CCCN(C(C)=O)CCC1. The van der Waals surface area contributed by atoms with Gasteiger partial charge in [0.05, 0.1) is 41.8 Å². The number of aromatic nitrogens is 3. The van der Waals surface area contributed by atoms with Crippen LogP contribution < -0.4 is 20.1 Å². The van der Waals surface area contributed by atoms with Crippen molar-refractivity contribution >= 4 is 35.0 Å². The van der Waals surface area contributed by atoms with Crippen molar-refractivity contribution in [3.63, 3.8) is 0 Å². The summed E-state index contributed by atoms with van der Waals surface area (Å²) in [6.45, 7) is 6.18. The van der Waals surface area contributed by atoms with Crippen molar-refractivity contribution in [1.29, 1.82) is 0 Å². The Bertz CT molecular complexity index is 2000. The van der Waals surface area contributed by atoms with Crippen molar-refractivity contribution in [1.82, 2.24) is 35.4 Å². The van der Waals surface area contributed by atoms with Crippen molar-refractivity contribution in [2.45, 2.75) is 64.1 Å². The smallest absolute Gasteiger partial charge is 0.237 e. The van der Waals surface area contributed by atoms with Gasteiger partial charge < -0.3 is 25.0 Å². The lowest BCUT2D eigenvalue weighted by Gasteiger charge is -2.29. The predicted octanol–water partition coefficient (Wildman–Crippen LogP) is 6.50. The molecule has 4 heterocycles. The fraction of sp³-hybridized carbons (Fsp3) is 0.425. The van der Waals surface area contributed by atoms with E-state index in [-0.39, 0.29) is 23.9 Å². The monoisotopic (exact) mass is 757 g/mol. The summed E-state index contributed by atoms with van der Waals surface area (Å²) in [5.41, 5.74) is 7.34. The van der Waals surface area contributed by atoms with Crippen LogP contribution in [0.5, 0.6) is 11.8 Å². The van der Waals surface area contributed by atoms with Crippen LogP contribution in [0.15, 0.2) is 48.7 Å². The number of halogens is 2. The van der Waals surface area contributed by atoms with Crippen LogP contribution in [0.25, 0.3) is 33.6 Å². The number of fused-ring (bicyclic) bond motifs is 1. The number of ether oxygens (including phenoxy) is 2. The Hall–Kier alpha value is -4.29. The highest BCUT2D eigenvalue weighted by molar-refractivity contribution is 6.39. The van der Waals surface area contributed by atoms with Crippen molar-refractivity contribution in [2.24, 2.45) is 0 Å². The number of hydrogen-bond donors (Lipinski definition) is 2. The maximum absolute atomic E-state index is 11.8. The van der Waals surface area contributed by atoms with Gasteiger partial charge in [0.1, 0.15) is 5.69 Å². The molecule has 0 saturated carbocycles. The molecule has 2 N–H and O–H groups in total. The zero-order valence-corrected chi connectivity index (χ0v) is 31.9. The number of nitrogens with zero attached hydrogens (tertiary/aromatic N) is 5. The Morgan fingerprint density at radius 3 is 2.15 bits per heavy atom. The van der Waals surface area contributed by atoms with Gasteiger partial charge in [0.15, 0.2) is 0 Å². The number of rotatable bonds is 10. The molecule has 2 amide bonds. The highest BCUT2D eigenvalue weighted by Gasteiger charge is 2.30. The topological polar surface area (TPSA) is 122 Å². The standard InChI is InChI=1S/C40H45Cl2N7O4/c1-24(50)49-18-6-16-48(17-7-19-49)23-34-39(52-2)47-33(22-44-34)30-11-5-9-28(38(30)42)27-8-4-10-29(37(27)41)32-20-25-12-14-31(36(25)40(46-32)53-3)43-21-26-13-15-35(51)45-26/h4-5,8-11,20,22,26,31,43H,6-7,12-19,21,23H2,1-3H3,(H,45,51). The van der Waals surface area contributed by atoms with Gasteiger partial charge in [-0.1, -0.05) is 59.6 Å². The van der Waals surface area contributed by atoms with Gasteiger partial charge in [0.25, 0.3) is 0 Å². The summed E-state index contributed by atoms with van der Waals surface area (Å²) in [6, 6.07) is 14.0. The number of pyridine rings is 1. The number of amides is 2. The van der Waals surface area contributed by atoms with E-state index in [1.807, 2.05) is 41.3 Å². The molecule has 278 valence electrons. The molecule has 11 nitrogen and oxygen atoms in total. The van der Waals surface area contributed by atoms with Gasteiger partial charge in [-0.15, -0.1) is 0 Å². The van der Waals surface area contributed by atoms with Crippen LogP contribution in [0.1, 0.15) is 61.9 Å². The van der Waals surface area contributed by atoms with Crippen molar-refractivity contribution in [3.8, 4) is 45.4 Å². The number of methoxy groups -OCH3 is 2. The minimum Gasteiger partial charge on any atom is -0.481 e. The van der Waals surface area contributed by atoms with E-state index in [2.05, 4.69) is 21.6 Å². The van der Waals surface area contributed by atoms with E-state index in [0.29, 0.717) is 52.6 Å². The number of carbonyl (C=O) groups is 2. The second kappa shape index (κ2) is 16.4. The molecule has 1 aliphatic carbocycles. The minimum atomic E-state index is 0.0946. The first-order chi connectivity index (χ1) is 25.7. The van der Waals surface area contributed by atoms with Crippen LogP contribution in [0, 0.1) is 0 Å². The Labute approximate surface area is 320 Å². The zero-order valence-electron chi connectivity index (χ0n) is 30.4. The lowest BCUT2D eigenvalue weighted by Crippen LogP contribution is -2.38. The van der Waals surface area contributed by atoms with Crippen molar-refractivity contribution < 1.29 is 19.1 Å². The molecule has 3 aliphatic rings. The summed E-state index contributed by atoms with van der Waals surface area (Å²) in [4.78, 5) is 42.4. The first kappa shape index (κ1) is 37.0. The van der Waals surface area contributed by atoms with Gasteiger partial charge in [-0.25, -0.2) is 9.97 Å². The van der Waals surface area contributed by atoms with Crippen LogP contribution in [-0.4, -0.2) is 89.6 Å². The summed E-state index contributed by atoms with van der Waals surface area (Å²) in [5, 5.41) is 7.70. The molecule has 13 heteroatoms. The van der Waals surface area contributed by atoms with Gasteiger partial charge >= 0.3 is 0 Å². The molecule has 2 aliphatic heterocycles. The third kappa shape index (κ3) is 7.99. The van der Waals surface area contributed by atoms with Crippen molar-refractivity contribution in [3.05, 3.63) is 75.5 Å². The van der Waals surface area contributed by atoms with E-state index in [0.717, 1.165) is 91.9 Å². The quantitative estimate of drug-likeness (QED) is 0.187. The Morgan fingerprint density at radius 1 is 0.887 bits per heavy atom. The van der Waals surface area contributed by atoms with Crippen LogP contribution in [0.2, 0.25) is 10.0 Å². The van der Waals surface area contributed by atoms with E-state index in [4.69, 9.17) is 47.6 Å². The van der Waals surface area contributed by atoms with E-state index in [1.54, 1.807) is 27.3 Å². The molecule has 2 aromatic carbocycles. The van der Waals surface area contributed by atoms with Gasteiger partial charge in [0, 0.05) is 92.5 Å². The van der Waals surface area contributed by atoms with Crippen LogP contribution in [0.3, 0.4) is 0 Å². The maximum Gasteiger partial charge on any atom is 0.237 e. The van der Waals surface area contributed by atoms with Gasteiger partial charge in [0.2, 0.25) is 23.6 Å². The van der Waals surface area contributed by atoms with Gasteiger partial charge in [-0.2, -0.15) is 0 Å². The molecular weight excluding hydrogens is 713 g/mol. The van der Waals surface area contributed by atoms with Gasteiger partial charge in [-0.3, -0.25) is 19.5 Å². The first-order valence-corrected chi connectivity index (χ1v) is 19.1. The molecule has 0 radical (unpaired) electrons. The van der Waals surface area contributed by atoms with Crippen LogP contribution >= 0.6 is 23.2 Å². The Morgan fingerprint density at radius 2 is 1.53 bits per heavy atom. The number of carbonyl (C=O) groups excluding carboxylic acids is 2. The Kier molecular flexibility index (Phi) is 11.5. The lowest BCUT2D eigenvalue weighted by molar-refractivity contribution is -0.129. The largest absolute Gasteiger partial charge is 0.481 e. The number of hydrogen-bond acceptors (Lipinski definition) is 9. The summed E-state index contributed by atoms with van der Waals surface area (Å²) >= 11 is 14.4. The molecule has 4 aromatic rings. The summed E-state index contributed by atoms with van der Waals surface area (Å²) in [6.07, 6.45) is 6.77. The molecule has 0 bridgehead atoms. The second-order valence-corrected chi connectivity index (χ2v) is 14.7. The normalized spacial score (nSPS) is 19.0. The molecular formula is C40H45Cl2N7O4. The number of benzene rings is 2. The average molecular weight is 759 g/mol. The first-order valence-electron chi connectivity index (χ1n) is 18.3. The third-order valence-electron chi connectivity index (χ3n) is 10.5. The minimum absolute atomic E-state index is 0.0946. The third-order valence-corrected chi connectivity index (χ3v) is 11.3. The highest BCUT2D eigenvalue weighted by atomic mass is 35.5. The average Bonchev–Trinajstić information content (AvgIpc) is 3.77. The highest BCUT2D eigenvalue weighted by Crippen LogP contribution is 2.44. The molecule has 53 heavy (non-hydrogen) atoms. The predicted molar refractivity (Wildman–Crippen MR) is 206 cm³/mol. The fourth-order valence-corrected chi connectivity index (χ4v) is 8.42. The fourth-order valence-electron chi connectivity index (χ4n) is 7.77. The van der Waals surface area contributed by atoms with E-state index < -0.39 is 0 Å². The lowest BCUT2D eigenvalue weighted by atomic mass is 9.97. The van der Waals surface area contributed by atoms with Gasteiger partial charge in [-0.05, 0) is 43.7 Å². The van der Waals surface area contributed by atoms with Crippen LogP contribution in [0.4, 0.5) is 0 Å². The molecule has 7 rings (SSSR count). The molecule has 2 fully saturated rings. The maximum atomic E-state index is 11.8. The summed E-state index contributed by atoms with van der Waals surface area (Å²) in [7, 11) is 3.25. The number of aryl methyl sites for hydroxylation is 1. The van der Waals surface area contributed by atoms with E-state index >= 15 is 0 Å². The zero-order chi connectivity index (χ0) is 37.1. The molecule has 2 aromatic heterocycles. The van der Waals surface area contributed by atoms with Crippen molar-refractivity contribution in [2.75, 3.05) is 46.9 Å². The molecule has 2 unspecified atom stereocenters. The molecule has 2 atom stereocenters.